The van der Waals surface area contributed by atoms with Crippen molar-refractivity contribution in [2.45, 2.75) is 32.7 Å². The minimum absolute atomic E-state index is 0.0960. The maximum atomic E-state index is 10.8. The van der Waals surface area contributed by atoms with Crippen molar-refractivity contribution in [1.29, 1.82) is 0 Å². The molecule has 1 fully saturated rings. The molecule has 0 saturated carbocycles. The van der Waals surface area contributed by atoms with E-state index in [0.717, 1.165) is 30.0 Å². The zero-order valence-electron chi connectivity index (χ0n) is 14.6. The molecule has 0 spiro atoms. The third kappa shape index (κ3) is 3.20. The number of aromatic nitrogens is 3. The lowest BCUT2D eigenvalue weighted by Crippen LogP contribution is -2.37. The van der Waals surface area contributed by atoms with Gasteiger partial charge >= 0.3 is 0 Å². The number of aromatic hydroxyl groups is 1. The second-order valence-corrected chi connectivity index (χ2v) is 8.79. The summed E-state index contributed by atoms with van der Waals surface area (Å²) < 4.78 is 1.52. The molecule has 138 valence electrons. The number of halogens is 2. The smallest absolute Gasteiger partial charge is 0.230 e. The molecule has 1 aromatic carbocycles. The third-order valence-corrected chi connectivity index (χ3v) is 6.68. The number of rotatable bonds is 3. The fraction of sp³-hybridized carbons (Fsp3) is 0.444. The number of hydrogen-bond donors (Lipinski definition) is 1. The van der Waals surface area contributed by atoms with Gasteiger partial charge in [0.05, 0.1) is 21.0 Å². The number of aryl methyl sites for hydroxylation is 1. The van der Waals surface area contributed by atoms with E-state index in [0.29, 0.717) is 26.7 Å². The van der Waals surface area contributed by atoms with Crippen LogP contribution in [-0.2, 0) is 0 Å². The van der Waals surface area contributed by atoms with Gasteiger partial charge in [-0.15, -0.1) is 5.10 Å². The zero-order chi connectivity index (χ0) is 18.4. The molecule has 0 amide bonds. The summed E-state index contributed by atoms with van der Waals surface area (Å²) in [4.78, 5) is 8.35. The number of benzene rings is 1. The van der Waals surface area contributed by atoms with Crippen LogP contribution in [0.15, 0.2) is 18.2 Å². The molecule has 5 nitrogen and oxygen atoms in total. The molecule has 0 bridgehead atoms. The Morgan fingerprint density at radius 2 is 2.12 bits per heavy atom. The van der Waals surface area contributed by atoms with Crippen LogP contribution in [0.1, 0.15) is 42.1 Å². The van der Waals surface area contributed by atoms with Gasteiger partial charge in [-0.1, -0.05) is 47.5 Å². The minimum Gasteiger partial charge on any atom is -0.492 e. The molecule has 1 N–H and O–H groups in total. The van der Waals surface area contributed by atoms with Crippen LogP contribution in [0.25, 0.3) is 4.96 Å². The van der Waals surface area contributed by atoms with Crippen LogP contribution in [0.3, 0.4) is 0 Å². The fourth-order valence-corrected chi connectivity index (χ4v) is 5.17. The third-order valence-electron chi connectivity index (χ3n) is 4.87. The minimum atomic E-state index is -0.0960. The van der Waals surface area contributed by atoms with E-state index in [-0.39, 0.29) is 11.9 Å². The quantitative estimate of drug-likeness (QED) is 0.664. The summed E-state index contributed by atoms with van der Waals surface area (Å²) >= 11 is 13.9. The van der Waals surface area contributed by atoms with Crippen molar-refractivity contribution < 1.29 is 5.11 Å². The summed E-state index contributed by atoms with van der Waals surface area (Å²) in [5.74, 6) is 1.41. The second kappa shape index (κ2) is 7.00. The normalized spacial score (nSPS) is 19.9. The molecular formula is C18H20Cl2N4OS. The van der Waals surface area contributed by atoms with Crippen molar-refractivity contribution in [1.82, 2.24) is 19.5 Å². The van der Waals surface area contributed by atoms with Crippen molar-refractivity contribution >= 4 is 39.5 Å². The Bertz CT molecular complexity index is 954. The van der Waals surface area contributed by atoms with Gasteiger partial charge in [0.1, 0.15) is 5.82 Å². The highest BCUT2D eigenvalue weighted by molar-refractivity contribution is 7.17. The molecule has 0 unspecified atom stereocenters. The van der Waals surface area contributed by atoms with Crippen LogP contribution in [0.2, 0.25) is 10.0 Å². The second-order valence-electron chi connectivity index (χ2n) is 6.96. The van der Waals surface area contributed by atoms with E-state index < -0.39 is 0 Å². The van der Waals surface area contributed by atoms with Crippen molar-refractivity contribution in [3.8, 4) is 5.88 Å². The van der Waals surface area contributed by atoms with Crippen molar-refractivity contribution in [2.75, 3.05) is 13.1 Å². The highest BCUT2D eigenvalue weighted by Gasteiger charge is 2.32. The first-order chi connectivity index (χ1) is 12.4. The molecule has 0 radical (unpaired) electrons. The lowest BCUT2D eigenvalue weighted by atomic mass is 9.95. The summed E-state index contributed by atoms with van der Waals surface area (Å²) in [6.07, 6.45) is 2.37. The molecular weight excluding hydrogens is 391 g/mol. The molecule has 3 aromatic rings. The first kappa shape index (κ1) is 18.0. The molecule has 4 rings (SSSR count). The zero-order valence-corrected chi connectivity index (χ0v) is 16.9. The van der Waals surface area contributed by atoms with Gasteiger partial charge in [-0.05, 0) is 49.9 Å². The number of likely N-dealkylation sites (tertiary alicyclic amines) is 1. The number of fused-ring (bicyclic) bond motifs is 1. The number of piperidine rings is 1. The summed E-state index contributed by atoms with van der Waals surface area (Å²) in [6, 6.07) is 5.60. The van der Waals surface area contributed by atoms with Crippen LogP contribution in [-0.4, -0.2) is 37.7 Å². The predicted molar refractivity (Wildman–Crippen MR) is 106 cm³/mol. The first-order valence-electron chi connectivity index (χ1n) is 8.68. The monoisotopic (exact) mass is 410 g/mol. The van der Waals surface area contributed by atoms with E-state index >= 15 is 0 Å². The van der Waals surface area contributed by atoms with E-state index in [2.05, 4.69) is 21.9 Å². The molecule has 1 saturated heterocycles. The largest absolute Gasteiger partial charge is 0.492 e. The Morgan fingerprint density at radius 3 is 2.81 bits per heavy atom. The van der Waals surface area contributed by atoms with Gasteiger partial charge in [0.2, 0.25) is 10.8 Å². The van der Waals surface area contributed by atoms with Crippen molar-refractivity contribution in [3.63, 3.8) is 0 Å². The predicted octanol–water partition coefficient (Wildman–Crippen LogP) is 4.93. The maximum absolute atomic E-state index is 10.8. The topological polar surface area (TPSA) is 53.7 Å². The highest BCUT2D eigenvalue weighted by Crippen LogP contribution is 2.42. The SMILES string of the molecule is Cc1nc2sc([C@H](c3ccc(Cl)c(Cl)c3)N3CCC[C@H](C)C3)c(O)n2n1. The molecule has 8 heteroatoms. The van der Waals surface area contributed by atoms with Gasteiger partial charge < -0.3 is 5.11 Å². The molecule has 3 heterocycles. The van der Waals surface area contributed by atoms with Gasteiger partial charge in [-0.25, -0.2) is 4.98 Å². The lowest BCUT2D eigenvalue weighted by molar-refractivity contribution is 0.149. The Labute approximate surface area is 166 Å². The van der Waals surface area contributed by atoms with Gasteiger partial charge in [0.15, 0.2) is 0 Å². The molecule has 0 aliphatic carbocycles. The Morgan fingerprint density at radius 1 is 1.31 bits per heavy atom. The molecule has 1 aliphatic rings. The fourth-order valence-electron chi connectivity index (χ4n) is 3.70. The summed E-state index contributed by atoms with van der Waals surface area (Å²) in [5.41, 5.74) is 1.02. The van der Waals surface area contributed by atoms with Crippen LogP contribution in [0.5, 0.6) is 5.88 Å². The lowest BCUT2D eigenvalue weighted by Gasteiger charge is -2.37. The molecule has 1 aliphatic heterocycles. The summed E-state index contributed by atoms with van der Waals surface area (Å²) in [5, 5.41) is 16.2. The summed E-state index contributed by atoms with van der Waals surface area (Å²) in [7, 11) is 0. The van der Waals surface area contributed by atoms with Gasteiger partial charge in [-0.3, -0.25) is 4.90 Å². The van der Waals surface area contributed by atoms with Gasteiger partial charge in [0, 0.05) is 6.54 Å². The Hall–Kier alpha value is -1.34. The summed E-state index contributed by atoms with van der Waals surface area (Å²) in [6.45, 7) is 6.03. The molecule has 2 aromatic heterocycles. The van der Waals surface area contributed by atoms with Crippen LogP contribution < -0.4 is 0 Å². The van der Waals surface area contributed by atoms with E-state index in [1.54, 1.807) is 0 Å². The van der Waals surface area contributed by atoms with E-state index in [1.807, 2.05) is 25.1 Å². The van der Waals surface area contributed by atoms with Crippen molar-refractivity contribution in [3.05, 3.63) is 44.5 Å². The number of nitrogens with zero attached hydrogens (tertiary/aromatic N) is 4. The van der Waals surface area contributed by atoms with Gasteiger partial charge in [0.25, 0.3) is 0 Å². The van der Waals surface area contributed by atoms with E-state index in [4.69, 9.17) is 23.2 Å². The molecule has 2 atom stereocenters. The Kier molecular flexibility index (Phi) is 4.86. The van der Waals surface area contributed by atoms with Crippen LogP contribution in [0, 0.1) is 12.8 Å². The molecule has 26 heavy (non-hydrogen) atoms. The highest BCUT2D eigenvalue weighted by atomic mass is 35.5. The Balaban J connectivity index is 1.84. The maximum Gasteiger partial charge on any atom is 0.230 e. The van der Waals surface area contributed by atoms with E-state index in [1.165, 1.54) is 22.3 Å². The van der Waals surface area contributed by atoms with Gasteiger partial charge in [-0.2, -0.15) is 4.52 Å². The average molecular weight is 411 g/mol. The average Bonchev–Trinajstić information content (AvgIpc) is 3.09. The van der Waals surface area contributed by atoms with Crippen molar-refractivity contribution in [2.24, 2.45) is 5.92 Å². The first-order valence-corrected chi connectivity index (χ1v) is 10.3. The van der Waals surface area contributed by atoms with Crippen LogP contribution in [0.4, 0.5) is 0 Å². The van der Waals surface area contributed by atoms with E-state index in [9.17, 15) is 5.11 Å². The van der Waals surface area contributed by atoms with Crippen LogP contribution >= 0.6 is 34.5 Å². The number of thiazole rings is 1. The number of hydrogen-bond acceptors (Lipinski definition) is 5. The standard InChI is InChI=1S/C18H20Cl2N4OS/c1-10-4-3-7-23(9-10)15(12-5-6-13(19)14(20)8-12)16-17(25)24-18(26-16)21-11(2)22-24/h5-6,8,10,15,25H,3-4,7,9H2,1-2H3/t10-,15-/m0/s1.